The summed E-state index contributed by atoms with van der Waals surface area (Å²) in [4.78, 5) is 29.8. The number of carbonyl (C=O) groups excluding carboxylic acids is 2. The molecule has 1 amide bonds. The molecule has 1 N–H and O–H groups in total. The smallest absolute Gasteiger partial charge is 0.304 e. The first kappa shape index (κ1) is 25.0. The van der Waals surface area contributed by atoms with E-state index in [0.29, 0.717) is 25.4 Å². The average Bonchev–Trinajstić information content (AvgIpc) is 2.73. The molecular weight excluding hydrogens is 402 g/mol. The number of likely N-dealkylation sites (tertiary alicyclic amines) is 1. The maximum atomic E-state index is 13.1. The van der Waals surface area contributed by atoms with Gasteiger partial charge < -0.3 is 10.1 Å². The highest BCUT2D eigenvalue weighted by molar-refractivity contribution is 5.89. The number of hydrogen-bond acceptors (Lipinski definition) is 5. The summed E-state index contributed by atoms with van der Waals surface area (Å²) >= 11 is 0. The molecule has 0 radical (unpaired) electrons. The number of amides is 1. The Hall–Kier alpha value is -1.66. The molecule has 2 saturated heterocycles. The van der Waals surface area contributed by atoms with Crippen LogP contribution in [0.5, 0.6) is 0 Å². The molecule has 32 heavy (non-hydrogen) atoms. The lowest BCUT2D eigenvalue weighted by atomic mass is 9.69. The van der Waals surface area contributed by atoms with Gasteiger partial charge in [-0.05, 0) is 68.2 Å². The zero-order chi connectivity index (χ0) is 24.2. The molecule has 0 atom stereocenters. The Labute approximate surface area is 194 Å². The lowest BCUT2D eigenvalue weighted by molar-refractivity contribution is -0.232. The fourth-order valence-electron chi connectivity index (χ4n) is 7.36. The van der Waals surface area contributed by atoms with Crippen LogP contribution in [0, 0.1) is 0 Å². The number of carbonyl (C=O) groups is 2. The molecule has 0 aromatic carbocycles. The van der Waals surface area contributed by atoms with Gasteiger partial charge >= 0.3 is 5.97 Å². The summed E-state index contributed by atoms with van der Waals surface area (Å²) in [5.74, 6) is -0.459. The minimum absolute atomic E-state index is 0.0271. The minimum Gasteiger partial charge on any atom is -0.439 e. The van der Waals surface area contributed by atoms with Crippen molar-refractivity contribution in [3.8, 4) is 0 Å². The van der Waals surface area contributed by atoms with Crippen molar-refractivity contribution in [2.24, 2.45) is 0 Å². The molecule has 3 rings (SSSR count). The Morgan fingerprint density at radius 2 is 1.50 bits per heavy atom. The van der Waals surface area contributed by atoms with E-state index in [4.69, 9.17) is 4.74 Å². The highest BCUT2D eigenvalue weighted by Gasteiger charge is 2.60. The van der Waals surface area contributed by atoms with E-state index in [1.807, 2.05) is 12.2 Å². The van der Waals surface area contributed by atoms with Gasteiger partial charge in [0.2, 0.25) is 5.91 Å². The SMILES string of the molecule is CC(=O)OC1(N2CC=CC=CC2=O)CC(C)(C)N(C2CC(C)(C)NC(C)(C)C2)C(C)(C)C1. The lowest BCUT2D eigenvalue weighted by Crippen LogP contribution is -2.75. The van der Waals surface area contributed by atoms with Crippen LogP contribution in [0.4, 0.5) is 0 Å². The summed E-state index contributed by atoms with van der Waals surface area (Å²) < 4.78 is 6.09. The zero-order valence-electron chi connectivity index (χ0n) is 21.5. The van der Waals surface area contributed by atoms with Crippen LogP contribution in [0.2, 0.25) is 0 Å². The normalized spacial score (nSPS) is 28.9. The third-order valence-corrected chi connectivity index (χ3v) is 7.12. The number of nitrogens with zero attached hydrogens (tertiary/aromatic N) is 2. The first-order chi connectivity index (χ1) is 14.5. The van der Waals surface area contributed by atoms with E-state index in [0.717, 1.165) is 12.8 Å². The highest BCUT2D eigenvalue weighted by atomic mass is 16.6. The predicted molar refractivity (Wildman–Crippen MR) is 128 cm³/mol. The molecule has 0 saturated carbocycles. The second-order valence-corrected chi connectivity index (χ2v) is 12.6. The predicted octanol–water partition coefficient (Wildman–Crippen LogP) is 4.16. The first-order valence-electron chi connectivity index (χ1n) is 11.9. The van der Waals surface area contributed by atoms with Gasteiger partial charge in [-0.1, -0.05) is 18.2 Å². The van der Waals surface area contributed by atoms with Gasteiger partial charge in [0.05, 0.1) is 0 Å². The monoisotopic (exact) mass is 445 g/mol. The second kappa shape index (κ2) is 7.98. The molecule has 0 spiro atoms. The number of allylic oxidation sites excluding steroid dienone is 2. The quantitative estimate of drug-likeness (QED) is 0.661. The van der Waals surface area contributed by atoms with E-state index in [1.165, 1.54) is 6.92 Å². The Kier molecular flexibility index (Phi) is 6.23. The summed E-state index contributed by atoms with van der Waals surface area (Å²) in [6.07, 6.45) is 10.4. The van der Waals surface area contributed by atoms with E-state index < -0.39 is 5.72 Å². The second-order valence-electron chi connectivity index (χ2n) is 12.6. The fourth-order valence-corrected chi connectivity index (χ4v) is 7.36. The molecule has 180 valence electrons. The summed E-state index contributed by atoms with van der Waals surface area (Å²) in [6.45, 7) is 19.9. The van der Waals surface area contributed by atoms with Gasteiger partial charge in [-0.2, -0.15) is 0 Å². The fraction of sp³-hybridized carbons (Fsp3) is 0.769. The number of nitrogens with one attached hydrogen (secondary N) is 1. The maximum Gasteiger partial charge on any atom is 0.304 e. The van der Waals surface area contributed by atoms with Gasteiger partial charge in [0, 0.05) is 60.6 Å². The van der Waals surface area contributed by atoms with Gasteiger partial charge in [0.1, 0.15) is 0 Å². The van der Waals surface area contributed by atoms with Crippen molar-refractivity contribution in [2.75, 3.05) is 6.54 Å². The summed E-state index contributed by atoms with van der Waals surface area (Å²) in [5.41, 5.74) is -1.50. The van der Waals surface area contributed by atoms with E-state index in [9.17, 15) is 9.59 Å². The van der Waals surface area contributed by atoms with Crippen LogP contribution in [0.15, 0.2) is 24.3 Å². The average molecular weight is 446 g/mol. The number of hydrogen-bond donors (Lipinski definition) is 1. The molecule has 0 unspecified atom stereocenters. The molecule has 6 nitrogen and oxygen atoms in total. The van der Waals surface area contributed by atoms with Crippen molar-refractivity contribution in [3.63, 3.8) is 0 Å². The Balaban J connectivity index is 2.04. The van der Waals surface area contributed by atoms with Crippen molar-refractivity contribution in [2.45, 2.75) is 122 Å². The van der Waals surface area contributed by atoms with Crippen LogP contribution < -0.4 is 5.32 Å². The number of rotatable bonds is 3. The molecule has 3 aliphatic heterocycles. The van der Waals surface area contributed by atoms with Crippen LogP contribution >= 0.6 is 0 Å². The van der Waals surface area contributed by atoms with Crippen molar-refractivity contribution in [3.05, 3.63) is 24.3 Å². The van der Waals surface area contributed by atoms with E-state index in [-0.39, 0.29) is 34.0 Å². The van der Waals surface area contributed by atoms with Crippen LogP contribution in [0.3, 0.4) is 0 Å². The number of esters is 1. The van der Waals surface area contributed by atoms with Gasteiger partial charge in [-0.25, -0.2) is 0 Å². The van der Waals surface area contributed by atoms with Crippen molar-refractivity contribution in [1.82, 2.24) is 15.1 Å². The molecular formula is C26H43N3O3. The summed E-state index contributed by atoms with van der Waals surface area (Å²) in [6, 6.07) is 0.376. The van der Waals surface area contributed by atoms with E-state index in [2.05, 4.69) is 65.6 Å². The molecule has 0 aromatic rings. The zero-order valence-corrected chi connectivity index (χ0v) is 21.5. The summed E-state index contributed by atoms with van der Waals surface area (Å²) in [7, 11) is 0. The molecule has 0 aromatic heterocycles. The van der Waals surface area contributed by atoms with Gasteiger partial charge in [-0.3, -0.25) is 19.4 Å². The topological polar surface area (TPSA) is 61.9 Å². The number of ether oxygens (including phenoxy) is 1. The lowest BCUT2D eigenvalue weighted by Gasteiger charge is -2.64. The van der Waals surface area contributed by atoms with Crippen molar-refractivity contribution in [1.29, 1.82) is 0 Å². The van der Waals surface area contributed by atoms with Gasteiger partial charge in [0.15, 0.2) is 5.72 Å². The van der Waals surface area contributed by atoms with Crippen molar-refractivity contribution < 1.29 is 14.3 Å². The Morgan fingerprint density at radius 1 is 0.969 bits per heavy atom. The highest BCUT2D eigenvalue weighted by Crippen LogP contribution is 2.50. The van der Waals surface area contributed by atoms with Crippen LogP contribution in [0.25, 0.3) is 0 Å². The van der Waals surface area contributed by atoms with Gasteiger partial charge in [0.25, 0.3) is 0 Å². The first-order valence-corrected chi connectivity index (χ1v) is 11.9. The third kappa shape index (κ3) is 4.96. The molecule has 3 aliphatic rings. The molecule has 6 heteroatoms. The largest absolute Gasteiger partial charge is 0.439 e. The van der Waals surface area contributed by atoms with Gasteiger partial charge in [-0.15, -0.1) is 0 Å². The van der Waals surface area contributed by atoms with E-state index >= 15 is 0 Å². The summed E-state index contributed by atoms with van der Waals surface area (Å²) in [5, 5.41) is 3.80. The maximum absolute atomic E-state index is 13.1. The minimum atomic E-state index is -0.983. The molecule has 0 bridgehead atoms. The van der Waals surface area contributed by atoms with E-state index in [1.54, 1.807) is 17.1 Å². The van der Waals surface area contributed by atoms with Crippen LogP contribution in [-0.2, 0) is 14.3 Å². The number of piperidine rings is 2. The van der Waals surface area contributed by atoms with Crippen LogP contribution in [-0.4, -0.2) is 62.1 Å². The molecule has 2 fully saturated rings. The Morgan fingerprint density at radius 3 is 2.00 bits per heavy atom. The third-order valence-electron chi connectivity index (χ3n) is 7.12. The standard InChI is InChI=1S/C26H43N3O3/c1-19(30)32-26(28-14-12-10-11-13-21(28)31)17-24(6,7)29(25(8,9)18-26)20-15-22(2,3)27-23(4,5)16-20/h10-13,20,27H,14-18H2,1-9H3. The van der Waals surface area contributed by atoms with Crippen molar-refractivity contribution >= 4 is 11.9 Å². The Bertz CT molecular complexity index is 788. The molecule has 0 aliphatic carbocycles. The van der Waals surface area contributed by atoms with Crippen LogP contribution in [0.1, 0.15) is 88.0 Å². The molecule has 3 heterocycles.